The molecule has 2 aromatic rings. The zero-order valence-corrected chi connectivity index (χ0v) is 17.7. The second-order valence-electron chi connectivity index (χ2n) is 6.13. The summed E-state index contributed by atoms with van der Waals surface area (Å²) in [7, 11) is 0. The van der Waals surface area contributed by atoms with E-state index in [9.17, 15) is 4.79 Å². The molecule has 7 heteroatoms. The number of amidine groups is 1. The van der Waals surface area contributed by atoms with Gasteiger partial charge in [0.1, 0.15) is 9.93 Å². The highest BCUT2D eigenvalue weighted by atomic mass is 35.5. The molecular weight excluding hydrogens is 410 g/mol. The monoisotopic (exact) mass is 427 g/mol. The van der Waals surface area contributed by atoms with E-state index in [1.165, 1.54) is 16.7 Å². The number of hydrogen-bond acceptors (Lipinski definition) is 5. The van der Waals surface area contributed by atoms with Crippen molar-refractivity contribution in [3.05, 3.63) is 76.1 Å². The molecule has 1 amide bonds. The quantitative estimate of drug-likeness (QED) is 0.450. The molecule has 0 unspecified atom stereocenters. The molecule has 142 valence electrons. The second-order valence-corrected chi connectivity index (χ2v) is 8.57. The first kappa shape index (κ1) is 19.2. The highest BCUT2D eigenvalue weighted by Crippen LogP contribution is 2.50. The Morgan fingerprint density at radius 1 is 1.11 bits per heavy atom. The summed E-state index contributed by atoms with van der Waals surface area (Å²) in [5.41, 5.74) is 1.90. The van der Waals surface area contributed by atoms with E-state index in [2.05, 4.69) is 35.5 Å². The van der Waals surface area contributed by atoms with Crippen LogP contribution in [-0.2, 0) is 4.79 Å². The summed E-state index contributed by atoms with van der Waals surface area (Å²) in [6, 6.07) is 15.5. The fraction of sp³-hybridized carbons (Fsp3) is 0.143. The summed E-state index contributed by atoms with van der Waals surface area (Å²) in [6.07, 6.45) is 1.72. The first-order valence-corrected chi connectivity index (χ1v) is 10.9. The molecule has 4 rings (SSSR count). The minimum absolute atomic E-state index is 0.0358. The number of fused-ring (bicyclic) bond motifs is 1. The molecule has 0 aromatic heterocycles. The molecule has 0 N–H and O–H groups in total. The van der Waals surface area contributed by atoms with E-state index >= 15 is 0 Å². The van der Waals surface area contributed by atoms with E-state index in [4.69, 9.17) is 11.6 Å². The van der Waals surface area contributed by atoms with Gasteiger partial charge in [-0.15, -0.1) is 6.58 Å². The fourth-order valence-electron chi connectivity index (χ4n) is 3.05. The van der Waals surface area contributed by atoms with Gasteiger partial charge in [0.05, 0.1) is 11.4 Å². The number of halogens is 1. The van der Waals surface area contributed by atoms with Crippen molar-refractivity contribution < 1.29 is 4.79 Å². The van der Waals surface area contributed by atoms with Crippen molar-refractivity contribution in [1.82, 2.24) is 4.90 Å². The van der Waals surface area contributed by atoms with Crippen LogP contribution in [0.4, 0.5) is 11.4 Å². The number of rotatable bonds is 4. The largest absolute Gasteiger partial charge is 0.334 e. The molecule has 0 spiro atoms. The lowest BCUT2D eigenvalue weighted by atomic mass is 10.3. The van der Waals surface area contributed by atoms with Crippen LogP contribution in [0.1, 0.15) is 6.92 Å². The number of carbonyl (C=O) groups excluding carboxylic acids is 1. The van der Waals surface area contributed by atoms with Crippen LogP contribution >= 0.6 is 35.1 Å². The van der Waals surface area contributed by atoms with Crippen molar-refractivity contribution in [3.63, 3.8) is 0 Å². The van der Waals surface area contributed by atoms with Crippen LogP contribution in [-0.4, -0.2) is 29.1 Å². The zero-order chi connectivity index (χ0) is 19.7. The van der Waals surface area contributed by atoms with Crippen LogP contribution in [0.25, 0.3) is 0 Å². The highest BCUT2D eigenvalue weighted by Gasteiger charge is 2.39. The van der Waals surface area contributed by atoms with E-state index in [0.29, 0.717) is 21.6 Å². The number of benzene rings is 2. The summed E-state index contributed by atoms with van der Waals surface area (Å²) < 4.78 is 0. The molecule has 0 aliphatic carbocycles. The SMILES string of the molecule is C=CCN1C(=O)/C(=C2/Sc3ccccc3N2CC)SC1=Nc1ccc(Cl)cc1. The molecule has 2 aliphatic heterocycles. The number of carbonyl (C=O) groups is 1. The van der Waals surface area contributed by atoms with Gasteiger partial charge in [-0.1, -0.05) is 41.6 Å². The molecule has 0 atom stereocenters. The lowest BCUT2D eigenvalue weighted by Gasteiger charge is -2.19. The normalized spacial score (nSPS) is 20.2. The predicted octanol–water partition coefficient (Wildman–Crippen LogP) is 5.89. The third-order valence-corrected chi connectivity index (χ3v) is 6.98. The second kappa shape index (κ2) is 8.07. The lowest BCUT2D eigenvalue weighted by molar-refractivity contribution is -0.121. The third kappa shape index (κ3) is 3.48. The Morgan fingerprint density at radius 2 is 1.86 bits per heavy atom. The summed E-state index contributed by atoms with van der Waals surface area (Å²) >= 11 is 9.02. The minimum Gasteiger partial charge on any atom is -0.334 e. The smallest absolute Gasteiger partial charge is 0.269 e. The van der Waals surface area contributed by atoms with Gasteiger partial charge in [-0.05, 0) is 55.1 Å². The third-order valence-electron chi connectivity index (χ3n) is 4.34. The molecule has 1 saturated heterocycles. The molecule has 1 fully saturated rings. The van der Waals surface area contributed by atoms with Crippen molar-refractivity contribution in [2.24, 2.45) is 4.99 Å². The average Bonchev–Trinajstić information content (AvgIpc) is 3.22. The number of hydrogen-bond donors (Lipinski definition) is 0. The van der Waals surface area contributed by atoms with Crippen LogP contribution in [0.2, 0.25) is 5.02 Å². The number of anilines is 1. The maximum atomic E-state index is 13.2. The molecule has 28 heavy (non-hydrogen) atoms. The van der Waals surface area contributed by atoms with Gasteiger partial charge in [0.15, 0.2) is 5.17 Å². The molecule has 0 bridgehead atoms. The Morgan fingerprint density at radius 3 is 2.57 bits per heavy atom. The van der Waals surface area contributed by atoms with Gasteiger partial charge in [0.2, 0.25) is 0 Å². The Bertz CT molecular complexity index is 1000. The van der Waals surface area contributed by atoms with E-state index < -0.39 is 0 Å². The molecule has 2 heterocycles. The van der Waals surface area contributed by atoms with E-state index in [1.54, 1.807) is 34.9 Å². The standard InChI is InChI=1S/C21H18ClN3OS2/c1-3-13-25-19(26)18(28-21(25)23-15-11-9-14(22)10-12-15)20-24(4-2)16-7-5-6-8-17(16)27-20/h3,5-12H,1,4,13H2,2H3/b20-18-,23-21?. The van der Waals surface area contributed by atoms with Gasteiger partial charge in [-0.3, -0.25) is 9.69 Å². The minimum atomic E-state index is -0.0358. The topological polar surface area (TPSA) is 35.9 Å². The van der Waals surface area contributed by atoms with Gasteiger partial charge < -0.3 is 4.90 Å². The predicted molar refractivity (Wildman–Crippen MR) is 120 cm³/mol. The van der Waals surface area contributed by atoms with E-state index in [-0.39, 0.29) is 5.91 Å². The molecule has 4 nitrogen and oxygen atoms in total. The number of aliphatic imine (C=N–C) groups is 1. The summed E-state index contributed by atoms with van der Waals surface area (Å²) in [5, 5.41) is 2.28. The van der Waals surface area contributed by atoms with Crippen LogP contribution in [0.3, 0.4) is 0 Å². The van der Waals surface area contributed by atoms with Crippen molar-refractivity contribution >= 4 is 57.6 Å². The van der Waals surface area contributed by atoms with Gasteiger partial charge in [0, 0.05) is 23.0 Å². The van der Waals surface area contributed by atoms with Gasteiger partial charge >= 0.3 is 0 Å². The summed E-state index contributed by atoms with van der Waals surface area (Å²) in [4.78, 5) is 23.6. The molecule has 0 radical (unpaired) electrons. The van der Waals surface area contributed by atoms with E-state index in [1.807, 2.05) is 24.3 Å². The molecular formula is C21H18ClN3OS2. The fourth-order valence-corrected chi connectivity index (χ4v) is 5.58. The average molecular weight is 428 g/mol. The maximum absolute atomic E-state index is 13.2. The Balaban J connectivity index is 1.75. The van der Waals surface area contributed by atoms with Gasteiger partial charge in [0.25, 0.3) is 5.91 Å². The van der Waals surface area contributed by atoms with Gasteiger partial charge in [-0.25, -0.2) is 4.99 Å². The van der Waals surface area contributed by atoms with Crippen LogP contribution < -0.4 is 4.90 Å². The zero-order valence-electron chi connectivity index (χ0n) is 15.3. The number of nitrogens with zero attached hydrogens (tertiary/aromatic N) is 3. The van der Waals surface area contributed by atoms with E-state index in [0.717, 1.165) is 22.9 Å². The first-order chi connectivity index (χ1) is 13.6. The van der Waals surface area contributed by atoms with Crippen LogP contribution in [0.5, 0.6) is 0 Å². The first-order valence-electron chi connectivity index (χ1n) is 8.86. The van der Waals surface area contributed by atoms with Crippen molar-refractivity contribution in [2.75, 3.05) is 18.0 Å². The van der Waals surface area contributed by atoms with Crippen LogP contribution in [0, 0.1) is 0 Å². The van der Waals surface area contributed by atoms with Crippen molar-refractivity contribution in [2.45, 2.75) is 11.8 Å². The van der Waals surface area contributed by atoms with Crippen molar-refractivity contribution in [3.8, 4) is 0 Å². The van der Waals surface area contributed by atoms with Crippen molar-refractivity contribution in [1.29, 1.82) is 0 Å². The Hall–Kier alpha value is -2.15. The highest BCUT2D eigenvalue weighted by molar-refractivity contribution is 8.19. The Labute approximate surface area is 178 Å². The number of thioether (sulfide) groups is 2. The maximum Gasteiger partial charge on any atom is 0.269 e. The lowest BCUT2D eigenvalue weighted by Crippen LogP contribution is -2.30. The molecule has 2 aliphatic rings. The number of amides is 1. The summed E-state index contributed by atoms with van der Waals surface area (Å²) in [5.74, 6) is -0.0358. The van der Waals surface area contributed by atoms with Gasteiger partial charge in [-0.2, -0.15) is 0 Å². The number of para-hydroxylation sites is 1. The summed E-state index contributed by atoms with van der Waals surface area (Å²) in [6.45, 7) is 7.09. The molecule has 2 aromatic carbocycles. The molecule has 0 saturated carbocycles. The Kier molecular flexibility index (Phi) is 5.53. The van der Waals surface area contributed by atoms with Crippen LogP contribution in [0.15, 0.2) is 81.0 Å².